The van der Waals surface area contributed by atoms with Gasteiger partial charge in [-0.05, 0) is 6.16 Å². The fourth-order valence-corrected chi connectivity index (χ4v) is 3.27. The van der Waals surface area contributed by atoms with Crippen LogP contribution in [0.5, 0.6) is 0 Å². The average molecular weight is 310 g/mol. The van der Waals surface area contributed by atoms with E-state index in [1.807, 2.05) is 0 Å². The van der Waals surface area contributed by atoms with Crippen LogP contribution in [-0.4, -0.2) is 12.1 Å². The van der Waals surface area contributed by atoms with Crippen LogP contribution < -0.4 is 5.30 Å². The van der Waals surface area contributed by atoms with Crippen molar-refractivity contribution < 1.29 is 35.1 Å². The molecule has 1 aromatic rings. The molecule has 0 radical (unpaired) electrons. The maximum Gasteiger partial charge on any atom is 0.409 e. The summed E-state index contributed by atoms with van der Waals surface area (Å²) in [6.45, 7) is 1.31. The van der Waals surface area contributed by atoms with Crippen molar-refractivity contribution in [3.05, 3.63) is 29.1 Å². The Morgan fingerprint density at radius 2 is 1.16 bits per heavy atom. The van der Waals surface area contributed by atoms with Crippen LogP contribution in [0.3, 0.4) is 0 Å². The van der Waals surface area contributed by atoms with Gasteiger partial charge in [0.05, 0.1) is 5.30 Å². The lowest BCUT2D eigenvalue weighted by Gasteiger charge is -2.21. The Bertz CT molecular complexity index is 452. The minimum Gasteiger partial charge on any atom is -0.203 e. The number of alkyl halides is 3. The first kappa shape index (κ1) is 16.1. The summed E-state index contributed by atoms with van der Waals surface area (Å²) < 4.78 is 103. The van der Waals surface area contributed by atoms with E-state index < -0.39 is 54.4 Å². The predicted octanol–water partition coefficient (Wildman–Crippen LogP) is 4.42. The number of benzene rings is 1. The van der Waals surface area contributed by atoms with Crippen LogP contribution in [0.1, 0.15) is 13.3 Å². The monoisotopic (exact) mass is 310 g/mol. The lowest BCUT2D eigenvalue weighted by Crippen LogP contribution is -2.26. The molecular weight excluding hydrogens is 303 g/mol. The fraction of sp³-hybridized carbons (Fsp3) is 0.400. The smallest absolute Gasteiger partial charge is 0.203 e. The van der Waals surface area contributed by atoms with Crippen molar-refractivity contribution in [3.8, 4) is 0 Å². The molecule has 0 N–H and O–H groups in total. The van der Waals surface area contributed by atoms with Gasteiger partial charge in [0.15, 0.2) is 23.3 Å². The second kappa shape index (κ2) is 5.61. The van der Waals surface area contributed by atoms with E-state index in [2.05, 4.69) is 0 Å². The maximum absolute atomic E-state index is 13.3. The minimum absolute atomic E-state index is 0.106. The maximum atomic E-state index is 13.3. The number of rotatable bonds is 3. The molecule has 0 aliphatic heterocycles. The standard InChI is InChI=1S/C10H7F8P/c1-2-3-19(10(16,17)18)9-7(14)5(12)4(11)6(13)8(9)15/h2-3H2,1H3. The first-order chi connectivity index (χ1) is 8.62. The van der Waals surface area contributed by atoms with E-state index >= 15 is 0 Å². The van der Waals surface area contributed by atoms with Gasteiger partial charge in [0.25, 0.3) is 0 Å². The van der Waals surface area contributed by atoms with Crippen molar-refractivity contribution in [3.63, 3.8) is 0 Å². The van der Waals surface area contributed by atoms with Gasteiger partial charge >= 0.3 is 5.92 Å². The van der Waals surface area contributed by atoms with E-state index in [4.69, 9.17) is 0 Å². The minimum atomic E-state index is -5.04. The molecule has 108 valence electrons. The Morgan fingerprint density at radius 1 is 0.789 bits per heavy atom. The highest BCUT2D eigenvalue weighted by Gasteiger charge is 2.45. The fourth-order valence-electron chi connectivity index (χ4n) is 1.42. The second-order valence-corrected chi connectivity index (χ2v) is 5.80. The summed E-state index contributed by atoms with van der Waals surface area (Å²) in [6.07, 6.45) is -0.818. The highest BCUT2D eigenvalue weighted by atomic mass is 31.1. The topological polar surface area (TPSA) is 0 Å². The van der Waals surface area contributed by atoms with Crippen molar-refractivity contribution in [2.75, 3.05) is 6.16 Å². The van der Waals surface area contributed by atoms with Gasteiger partial charge in [-0.2, -0.15) is 13.2 Å². The molecule has 0 aromatic heterocycles. The van der Waals surface area contributed by atoms with E-state index in [-0.39, 0.29) is 6.42 Å². The molecule has 9 heteroatoms. The summed E-state index contributed by atoms with van der Waals surface area (Å²) in [7, 11) is -3.48. The first-order valence-corrected chi connectivity index (χ1v) is 6.51. The number of hydrogen-bond acceptors (Lipinski definition) is 0. The van der Waals surface area contributed by atoms with Gasteiger partial charge in [-0.3, -0.25) is 0 Å². The molecule has 1 atom stereocenters. The molecule has 0 bridgehead atoms. The van der Waals surface area contributed by atoms with E-state index in [9.17, 15) is 35.1 Å². The van der Waals surface area contributed by atoms with E-state index in [1.165, 1.54) is 6.92 Å². The van der Waals surface area contributed by atoms with E-state index in [0.717, 1.165) is 0 Å². The Hall–Kier alpha value is -0.910. The number of hydrogen-bond donors (Lipinski definition) is 0. The lowest BCUT2D eigenvalue weighted by atomic mass is 10.3. The molecule has 1 rings (SSSR count). The van der Waals surface area contributed by atoms with Crippen LogP contribution >= 0.6 is 7.92 Å². The molecule has 0 saturated heterocycles. The summed E-state index contributed by atoms with van der Waals surface area (Å²) in [5, 5.41) is -1.76. The van der Waals surface area contributed by atoms with Crippen molar-refractivity contribution in [2.24, 2.45) is 0 Å². The Kier molecular flexibility index (Phi) is 4.76. The summed E-state index contributed by atoms with van der Waals surface area (Å²) in [5.74, 6) is -17.0. The van der Waals surface area contributed by atoms with Gasteiger partial charge in [-0.1, -0.05) is 13.3 Å². The van der Waals surface area contributed by atoms with Crippen molar-refractivity contribution in [1.82, 2.24) is 0 Å². The van der Waals surface area contributed by atoms with Gasteiger partial charge in [-0.15, -0.1) is 0 Å². The molecular formula is C10H7F8P. The van der Waals surface area contributed by atoms with Crippen LogP contribution in [0.2, 0.25) is 0 Å². The largest absolute Gasteiger partial charge is 0.409 e. The molecule has 1 unspecified atom stereocenters. The third-order valence-corrected chi connectivity index (χ3v) is 4.65. The van der Waals surface area contributed by atoms with Crippen LogP contribution in [-0.2, 0) is 0 Å². The van der Waals surface area contributed by atoms with Crippen LogP contribution in [0.15, 0.2) is 0 Å². The zero-order valence-corrected chi connectivity index (χ0v) is 10.3. The van der Waals surface area contributed by atoms with Crippen LogP contribution in [0.4, 0.5) is 35.1 Å². The third kappa shape index (κ3) is 2.99. The lowest BCUT2D eigenvalue weighted by molar-refractivity contribution is -0.0392. The van der Waals surface area contributed by atoms with E-state index in [0.29, 0.717) is 0 Å². The molecule has 0 amide bonds. The van der Waals surface area contributed by atoms with Gasteiger partial charge in [0, 0.05) is 7.92 Å². The first-order valence-electron chi connectivity index (χ1n) is 4.98. The average Bonchev–Trinajstić information content (AvgIpc) is 2.32. The van der Waals surface area contributed by atoms with Crippen LogP contribution in [0.25, 0.3) is 0 Å². The molecule has 0 saturated carbocycles. The normalized spacial score (nSPS) is 13.7. The summed E-state index contributed by atoms with van der Waals surface area (Å²) >= 11 is 0. The zero-order valence-electron chi connectivity index (χ0n) is 9.39. The molecule has 0 fully saturated rings. The van der Waals surface area contributed by atoms with Gasteiger partial charge in [0.2, 0.25) is 5.82 Å². The zero-order chi connectivity index (χ0) is 15.0. The van der Waals surface area contributed by atoms with Gasteiger partial charge < -0.3 is 0 Å². The summed E-state index contributed by atoms with van der Waals surface area (Å²) in [5.41, 5.74) is 0. The highest BCUT2D eigenvalue weighted by molar-refractivity contribution is 7.66. The molecule has 0 nitrogen and oxygen atoms in total. The SMILES string of the molecule is CCCP(c1c(F)c(F)c(F)c(F)c1F)C(F)(F)F. The Labute approximate surface area is 104 Å². The van der Waals surface area contributed by atoms with Gasteiger partial charge in [0.1, 0.15) is 0 Å². The molecule has 19 heavy (non-hydrogen) atoms. The molecule has 1 aromatic carbocycles. The Morgan fingerprint density at radius 3 is 1.47 bits per heavy atom. The molecule has 0 aliphatic carbocycles. The third-order valence-electron chi connectivity index (χ3n) is 2.21. The van der Waals surface area contributed by atoms with E-state index in [1.54, 1.807) is 0 Å². The quantitative estimate of drug-likeness (QED) is 0.335. The molecule has 0 spiro atoms. The Balaban J connectivity index is 3.56. The molecule has 0 heterocycles. The number of halogens is 8. The predicted molar refractivity (Wildman–Crippen MR) is 54.0 cm³/mol. The second-order valence-electron chi connectivity index (χ2n) is 3.54. The van der Waals surface area contributed by atoms with Crippen molar-refractivity contribution in [1.29, 1.82) is 0 Å². The molecule has 0 aliphatic rings. The summed E-state index contributed by atoms with van der Waals surface area (Å²) in [4.78, 5) is 0. The van der Waals surface area contributed by atoms with Gasteiger partial charge in [-0.25, -0.2) is 22.0 Å². The summed E-state index contributed by atoms with van der Waals surface area (Å²) in [6, 6.07) is 0. The van der Waals surface area contributed by atoms with Crippen molar-refractivity contribution >= 4 is 13.2 Å². The highest BCUT2D eigenvalue weighted by Crippen LogP contribution is 2.53. The van der Waals surface area contributed by atoms with Crippen LogP contribution in [0, 0.1) is 29.1 Å². The van der Waals surface area contributed by atoms with Crippen molar-refractivity contribution in [2.45, 2.75) is 19.3 Å².